The fourth-order valence-corrected chi connectivity index (χ4v) is 1.32. The molecule has 0 nitrogen and oxygen atoms in total. The minimum absolute atomic E-state index is 0. The number of benzene rings is 1. The number of rotatable bonds is 0. The molecule has 1 aromatic rings. The predicted octanol–water partition coefficient (Wildman–Crippen LogP) is -5.62. The summed E-state index contributed by atoms with van der Waals surface area (Å²) in [5, 5.41) is 0. The molecule has 0 aromatic heterocycles. The molecule has 1 aliphatic rings. The van der Waals surface area contributed by atoms with Crippen molar-refractivity contribution in [2.75, 3.05) is 0 Å². The number of hydrogen-bond donors (Lipinski definition) is 0. The molecule has 0 fully saturated rings. The van der Waals surface area contributed by atoms with E-state index < -0.39 is 0 Å². The molecule has 1 aromatic carbocycles. The fourth-order valence-electron chi connectivity index (χ4n) is 0.982. The van der Waals surface area contributed by atoms with E-state index in [1.54, 1.807) is 0 Å². The van der Waals surface area contributed by atoms with E-state index in [4.69, 9.17) is 0 Å². The van der Waals surface area contributed by atoms with Crippen LogP contribution in [0.25, 0.3) is 0 Å². The van der Waals surface area contributed by atoms with E-state index in [0.717, 1.165) is 0 Å². The summed E-state index contributed by atoms with van der Waals surface area (Å²) in [5.41, 5.74) is 1.32. The third-order valence-electron chi connectivity index (χ3n) is 1.71. The van der Waals surface area contributed by atoms with Gasteiger partial charge in [0, 0.05) is 0 Å². The molecule has 0 bridgehead atoms. The van der Waals surface area contributed by atoms with Crippen LogP contribution in [0.4, 0.5) is 0 Å². The van der Waals surface area contributed by atoms with Crippen LogP contribution in [0.3, 0.4) is 0 Å². The first-order valence-corrected chi connectivity index (χ1v) is 5.16. The van der Waals surface area contributed by atoms with Crippen LogP contribution in [0, 0.1) is 6.92 Å². The van der Waals surface area contributed by atoms with Gasteiger partial charge in [0.2, 0.25) is 0 Å². The molecule has 0 unspecified atom stereocenters. The van der Waals surface area contributed by atoms with E-state index in [9.17, 15) is 0 Å². The van der Waals surface area contributed by atoms with E-state index in [0.29, 0.717) is 0 Å². The molecule has 0 radical (unpaired) electrons. The zero-order valence-electron chi connectivity index (χ0n) is 8.96. The van der Waals surface area contributed by atoms with Crippen molar-refractivity contribution < 1.29 is 57.7 Å². The third kappa shape index (κ3) is 10.8. The minimum atomic E-state index is 0. The van der Waals surface area contributed by atoms with E-state index >= 15 is 0 Å². The number of aryl methyl sites for hydroxylation is 1. The summed E-state index contributed by atoms with van der Waals surface area (Å²) in [6.45, 7) is 2.08. The molecular weight excluding hydrogens is 298 g/mol. The summed E-state index contributed by atoms with van der Waals surface area (Å²) in [6.07, 6.45) is 7.56. The van der Waals surface area contributed by atoms with Crippen LogP contribution in [0.5, 0.6) is 0 Å². The van der Waals surface area contributed by atoms with Crippen LogP contribution in [0.15, 0.2) is 52.4 Å². The molecular formula is C12H13Cl3Ti. The zero-order chi connectivity index (χ0) is 9.52. The Morgan fingerprint density at radius 1 is 1.00 bits per heavy atom. The molecule has 16 heavy (non-hydrogen) atoms. The first kappa shape index (κ1) is 21.6. The van der Waals surface area contributed by atoms with Crippen LogP contribution < -0.4 is 37.2 Å². The molecule has 0 atom stereocenters. The van der Waals surface area contributed by atoms with Gasteiger partial charge in [0.15, 0.2) is 0 Å². The molecule has 4 heteroatoms. The molecule has 0 amide bonds. The topological polar surface area (TPSA) is 0 Å². The number of halogens is 3. The fraction of sp³-hybridized carbons (Fsp3) is 0.167. The van der Waals surface area contributed by atoms with Crippen molar-refractivity contribution in [1.82, 2.24) is 0 Å². The van der Waals surface area contributed by atoms with Crippen molar-refractivity contribution in [3.63, 3.8) is 0 Å². The van der Waals surface area contributed by atoms with Gasteiger partial charge in [-0.1, -0.05) is 35.9 Å². The summed E-state index contributed by atoms with van der Waals surface area (Å²) in [6, 6.07) is 10.3. The second-order valence-electron chi connectivity index (χ2n) is 2.98. The van der Waals surface area contributed by atoms with E-state index in [1.165, 1.54) is 15.9 Å². The summed E-state index contributed by atoms with van der Waals surface area (Å²) in [4.78, 5) is 0. The van der Waals surface area contributed by atoms with Crippen molar-refractivity contribution in [1.29, 1.82) is 0 Å². The van der Waals surface area contributed by atoms with Gasteiger partial charge in [-0.2, -0.15) is 0 Å². The Kier molecular flexibility index (Phi) is 18.0. The molecule has 0 saturated heterocycles. The quantitative estimate of drug-likeness (QED) is 0.419. The number of allylic oxidation sites excluding steroid dienone is 4. The second kappa shape index (κ2) is 13.3. The van der Waals surface area contributed by atoms with Crippen LogP contribution in [0.2, 0.25) is 0 Å². The van der Waals surface area contributed by atoms with Gasteiger partial charge in [0.05, 0.1) is 0 Å². The van der Waals surface area contributed by atoms with Crippen molar-refractivity contribution in [2.45, 2.75) is 13.3 Å². The SMILES string of the molecule is Cc1ccccc1.[Cl-].[Cl-].[Cl-].[Ti+3][C]1=CC=CC1. The average Bonchev–Trinajstić information content (AvgIpc) is 2.58. The molecule has 0 saturated carbocycles. The maximum absolute atomic E-state index is 2.16. The standard InChI is InChI=1S/C7H8.C5H5.3ClH.Ti/c1-7-5-3-2-4-6-7;1-2-4-5-3-1;;;;/h2-6H,1H3;1-3H,4H2;3*1H;/q;;;;;+3/p-3. The first-order valence-electron chi connectivity index (χ1n) is 4.38. The van der Waals surface area contributed by atoms with Crippen molar-refractivity contribution in [3.8, 4) is 0 Å². The summed E-state index contributed by atoms with van der Waals surface area (Å²) in [5.74, 6) is 0. The third-order valence-corrected chi connectivity index (χ3v) is 2.29. The molecule has 0 heterocycles. The summed E-state index contributed by atoms with van der Waals surface area (Å²) >= 11 is 2.14. The van der Waals surface area contributed by atoms with Gasteiger partial charge >= 0.3 is 49.0 Å². The van der Waals surface area contributed by atoms with Crippen LogP contribution >= 0.6 is 0 Å². The van der Waals surface area contributed by atoms with Crippen LogP contribution in [0.1, 0.15) is 12.0 Å². The molecule has 86 valence electrons. The van der Waals surface area contributed by atoms with Crippen LogP contribution in [-0.4, -0.2) is 0 Å². The maximum atomic E-state index is 2.16. The monoisotopic (exact) mass is 310 g/mol. The normalized spacial score (nSPS) is 10.8. The Balaban J connectivity index is -0.000000179. The van der Waals surface area contributed by atoms with Gasteiger partial charge in [-0.25, -0.2) is 0 Å². The second-order valence-corrected chi connectivity index (χ2v) is 3.98. The Hall–Kier alpha value is 0.284. The first-order chi connectivity index (χ1) is 6.29. The van der Waals surface area contributed by atoms with Crippen molar-refractivity contribution in [2.24, 2.45) is 0 Å². The Bertz CT molecular complexity index is 307. The van der Waals surface area contributed by atoms with Gasteiger partial charge in [0.1, 0.15) is 0 Å². The molecule has 0 spiro atoms. The summed E-state index contributed by atoms with van der Waals surface area (Å²) in [7, 11) is 0. The Morgan fingerprint density at radius 3 is 1.75 bits per heavy atom. The molecule has 1 aliphatic carbocycles. The number of hydrogen-bond acceptors (Lipinski definition) is 0. The predicted molar refractivity (Wildman–Crippen MR) is 53.0 cm³/mol. The van der Waals surface area contributed by atoms with Gasteiger partial charge < -0.3 is 37.2 Å². The zero-order valence-corrected chi connectivity index (χ0v) is 12.8. The van der Waals surface area contributed by atoms with Gasteiger partial charge in [-0.05, 0) is 6.92 Å². The van der Waals surface area contributed by atoms with Gasteiger partial charge in [-0.15, -0.1) is 0 Å². The average molecular weight is 311 g/mol. The van der Waals surface area contributed by atoms with E-state index in [-0.39, 0.29) is 37.2 Å². The Morgan fingerprint density at radius 2 is 1.56 bits per heavy atom. The Labute approximate surface area is 128 Å². The van der Waals surface area contributed by atoms with Gasteiger partial charge in [0.25, 0.3) is 0 Å². The molecule has 2 rings (SSSR count). The van der Waals surface area contributed by atoms with Gasteiger partial charge in [-0.3, -0.25) is 0 Å². The van der Waals surface area contributed by atoms with Crippen molar-refractivity contribution in [3.05, 3.63) is 58.0 Å². The van der Waals surface area contributed by atoms with Crippen molar-refractivity contribution >= 4 is 0 Å². The van der Waals surface area contributed by atoms with E-state index in [2.05, 4.69) is 57.7 Å². The molecule has 0 N–H and O–H groups in total. The van der Waals surface area contributed by atoms with E-state index in [1.807, 2.05) is 18.2 Å². The van der Waals surface area contributed by atoms with Crippen LogP contribution in [-0.2, 0) is 20.4 Å². The molecule has 0 aliphatic heterocycles. The summed E-state index contributed by atoms with van der Waals surface area (Å²) < 4.78 is 1.47.